The molecule has 1 atom stereocenters. The van der Waals surface area contributed by atoms with Crippen molar-refractivity contribution in [3.8, 4) is 0 Å². The Hall–Kier alpha value is -0.830. The van der Waals surface area contributed by atoms with Crippen LogP contribution in [-0.4, -0.2) is 49.0 Å². The number of halogens is 1. The smallest absolute Gasteiger partial charge is 0.222 e. The van der Waals surface area contributed by atoms with Gasteiger partial charge in [0.05, 0.1) is 6.54 Å². The van der Waals surface area contributed by atoms with Crippen molar-refractivity contribution < 1.29 is 4.79 Å². The van der Waals surface area contributed by atoms with Crippen molar-refractivity contribution in [1.29, 1.82) is 0 Å². The number of aliphatic imine (C=N–C) groups is 1. The zero-order valence-electron chi connectivity index (χ0n) is 17.1. The summed E-state index contributed by atoms with van der Waals surface area (Å²) < 4.78 is 0. The quantitative estimate of drug-likeness (QED) is 0.303. The van der Waals surface area contributed by atoms with Gasteiger partial charge in [0.1, 0.15) is 0 Å². The van der Waals surface area contributed by atoms with Crippen LogP contribution in [0.1, 0.15) is 58.3 Å². The minimum Gasteiger partial charge on any atom is -0.357 e. The monoisotopic (exact) mass is 506 g/mol. The third-order valence-electron chi connectivity index (χ3n) is 4.96. The lowest BCUT2D eigenvalue weighted by atomic mass is 9.92. The first kappa shape index (κ1) is 24.2. The Bertz CT molecular complexity index is 589. The molecular formula is C20H35IN4OS. The van der Waals surface area contributed by atoms with E-state index < -0.39 is 0 Å². The first-order chi connectivity index (χ1) is 12.5. The number of hydrogen-bond donors (Lipinski definition) is 2. The number of likely N-dealkylation sites (tertiary alicyclic amines) is 1. The predicted molar refractivity (Wildman–Crippen MR) is 126 cm³/mol. The van der Waals surface area contributed by atoms with Crippen LogP contribution in [0.2, 0.25) is 0 Å². The molecule has 1 unspecified atom stereocenters. The van der Waals surface area contributed by atoms with E-state index in [0.29, 0.717) is 18.4 Å². The molecule has 1 aromatic heterocycles. The predicted octanol–water partition coefficient (Wildman–Crippen LogP) is 3.99. The average Bonchev–Trinajstić information content (AvgIpc) is 3.29. The van der Waals surface area contributed by atoms with Gasteiger partial charge < -0.3 is 15.5 Å². The van der Waals surface area contributed by atoms with Gasteiger partial charge in [0.2, 0.25) is 5.91 Å². The number of carbonyl (C=O) groups excluding carboxylic acids is 1. The summed E-state index contributed by atoms with van der Waals surface area (Å²) >= 11 is 1.79. The molecule has 0 saturated carbocycles. The topological polar surface area (TPSA) is 56.7 Å². The van der Waals surface area contributed by atoms with Crippen molar-refractivity contribution in [2.75, 3.05) is 26.2 Å². The highest BCUT2D eigenvalue weighted by Gasteiger charge is 2.26. The molecule has 5 nitrogen and oxygen atoms in total. The van der Waals surface area contributed by atoms with Gasteiger partial charge in [-0.15, -0.1) is 35.3 Å². The second-order valence-corrected chi connectivity index (χ2v) is 8.47. The van der Waals surface area contributed by atoms with Gasteiger partial charge in [-0.1, -0.05) is 26.8 Å². The number of amides is 1. The van der Waals surface area contributed by atoms with Crippen LogP contribution in [0.25, 0.3) is 0 Å². The summed E-state index contributed by atoms with van der Waals surface area (Å²) in [4.78, 5) is 20.2. The number of nitrogens with zero attached hydrogens (tertiary/aromatic N) is 2. The SMILES string of the molecule is CCNC(=NCC(C)(C)c1cccs1)NCCC(CC)N1CCCC1=O.I. The van der Waals surface area contributed by atoms with E-state index in [1.807, 2.05) is 0 Å². The van der Waals surface area contributed by atoms with Gasteiger partial charge in [-0.05, 0) is 37.6 Å². The number of carbonyl (C=O) groups is 1. The normalized spacial score (nSPS) is 16.2. The number of nitrogens with one attached hydrogen (secondary N) is 2. The molecule has 0 radical (unpaired) electrons. The molecule has 1 aliphatic heterocycles. The molecule has 0 aliphatic carbocycles. The molecule has 2 N–H and O–H groups in total. The van der Waals surface area contributed by atoms with Crippen LogP contribution in [-0.2, 0) is 10.2 Å². The second kappa shape index (κ2) is 11.9. The van der Waals surface area contributed by atoms with E-state index >= 15 is 0 Å². The van der Waals surface area contributed by atoms with E-state index in [1.54, 1.807) is 11.3 Å². The number of guanidine groups is 1. The van der Waals surface area contributed by atoms with Crippen LogP contribution in [0, 0.1) is 0 Å². The Labute approximate surface area is 185 Å². The molecule has 27 heavy (non-hydrogen) atoms. The highest BCUT2D eigenvalue weighted by molar-refractivity contribution is 14.0. The third-order valence-corrected chi connectivity index (χ3v) is 6.19. The molecule has 1 amide bonds. The Morgan fingerprint density at radius 1 is 1.37 bits per heavy atom. The van der Waals surface area contributed by atoms with Crippen LogP contribution >= 0.6 is 35.3 Å². The van der Waals surface area contributed by atoms with E-state index in [1.165, 1.54) is 4.88 Å². The maximum atomic E-state index is 12.0. The molecule has 1 aromatic rings. The van der Waals surface area contributed by atoms with E-state index in [-0.39, 0.29) is 29.4 Å². The van der Waals surface area contributed by atoms with Crippen LogP contribution in [0.4, 0.5) is 0 Å². The second-order valence-electron chi connectivity index (χ2n) is 7.52. The zero-order chi connectivity index (χ0) is 19.0. The summed E-state index contributed by atoms with van der Waals surface area (Å²) in [5, 5.41) is 8.90. The summed E-state index contributed by atoms with van der Waals surface area (Å²) in [5.41, 5.74) is 0.0322. The van der Waals surface area contributed by atoms with E-state index in [0.717, 1.165) is 51.4 Å². The lowest BCUT2D eigenvalue weighted by molar-refractivity contribution is -0.129. The lowest BCUT2D eigenvalue weighted by Crippen LogP contribution is -2.42. The summed E-state index contributed by atoms with van der Waals surface area (Å²) in [6.45, 7) is 12.0. The van der Waals surface area contributed by atoms with Gasteiger partial charge in [-0.2, -0.15) is 0 Å². The van der Waals surface area contributed by atoms with Crippen LogP contribution in [0.15, 0.2) is 22.5 Å². The molecule has 0 aromatic carbocycles. The van der Waals surface area contributed by atoms with Crippen molar-refractivity contribution in [3.05, 3.63) is 22.4 Å². The number of hydrogen-bond acceptors (Lipinski definition) is 3. The Morgan fingerprint density at radius 3 is 2.70 bits per heavy atom. The van der Waals surface area contributed by atoms with Gasteiger partial charge in [0.25, 0.3) is 0 Å². The minimum atomic E-state index is 0. The fourth-order valence-corrected chi connectivity index (χ4v) is 4.20. The van der Waals surface area contributed by atoms with Crippen LogP contribution in [0.3, 0.4) is 0 Å². The Morgan fingerprint density at radius 2 is 2.15 bits per heavy atom. The van der Waals surface area contributed by atoms with Crippen molar-refractivity contribution in [1.82, 2.24) is 15.5 Å². The van der Waals surface area contributed by atoms with Crippen LogP contribution in [0.5, 0.6) is 0 Å². The summed E-state index contributed by atoms with van der Waals surface area (Å²) in [6.07, 6.45) is 3.68. The largest absolute Gasteiger partial charge is 0.357 e. The summed E-state index contributed by atoms with van der Waals surface area (Å²) in [6, 6.07) is 4.61. The summed E-state index contributed by atoms with van der Waals surface area (Å²) in [5.74, 6) is 1.18. The van der Waals surface area contributed by atoms with Crippen molar-refractivity contribution in [3.63, 3.8) is 0 Å². The molecular weight excluding hydrogens is 471 g/mol. The van der Waals surface area contributed by atoms with Gasteiger partial charge in [0.15, 0.2) is 5.96 Å². The van der Waals surface area contributed by atoms with Crippen molar-refractivity contribution >= 4 is 47.2 Å². The molecule has 7 heteroatoms. The van der Waals surface area contributed by atoms with Gasteiger partial charge in [-0.25, -0.2) is 0 Å². The number of thiophene rings is 1. The lowest BCUT2D eigenvalue weighted by Gasteiger charge is -2.27. The average molecular weight is 506 g/mol. The van der Waals surface area contributed by atoms with E-state index in [2.05, 4.69) is 60.7 Å². The van der Waals surface area contributed by atoms with E-state index in [4.69, 9.17) is 4.99 Å². The first-order valence-electron chi connectivity index (χ1n) is 9.83. The van der Waals surface area contributed by atoms with Crippen molar-refractivity contribution in [2.24, 2.45) is 4.99 Å². The molecule has 2 heterocycles. The van der Waals surface area contributed by atoms with Crippen molar-refractivity contribution in [2.45, 2.75) is 64.8 Å². The molecule has 1 saturated heterocycles. The van der Waals surface area contributed by atoms with E-state index in [9.17, 15) is 4.79 Å². The fraction of sp³-hybridized carbons (Fsp3) is 0.700. The van der Waals surface area contributed by atoms with Gasteiger partial charge >= 0.3 is 0 Å². The Kier molecular flexibility index (Phi) is 10.7. The third kappa shape index (κ3) is 7.25. The number of rotatable bonds is 9. The molecule has 0 spiro atoms. The molecule has 2 rings (SSSR count). The van der Waals surface area contributed by atoms with Crippen LogP contribution < -0.4 is 10.6 Å². The highest BCUT2D eigenvalue weighted by Crippen LogP contribution is 2.27. The zero-order valence-corrected chi connectivity index (χ0v) is 20.2. The first-order valence-corrected chi connectivity index (χ1v) is 10.7. The molecule has 1 aliphatic rings. The molecule has 0 bridgehead atoms. The molecule has 154 valence electrons. The van der Waals surface area contributed by atoms with Gasteiger partial charge in [-0.3, -0.25) is 9.79 Å². The highest BCUT2D eigenvalue weighted by atomic mass is 127. The fourth-order valence-electron chi connectivity index (χ4n) is 3.35. The molecule has 1 fully saturated rings. The summed E-state index contributed by atoms with van der Waals surface area (Å²) in [7, 11) is 0. The minimum absolute atomic E-state index is 0. The maximum absolute atomic E-state index is 12.0. The maximum Gasteiger partial charge on any atom is 0.222 e. The Balaban J connectivity index is 0.00000364. The standard InChI is InChI=1S/C20H34N4OS.HI/c1-5-16(24-13-7-10-18(24)25)11-12-22-19(21-6-2)23-15-20(3,4)17-9-8-14-26-17;/h8-9,14,16H,5-7,10-13,15H2,1-4H3,(H2,21,22,23);1H. The van der Waals surface area contributed by atoms with Gasteiger partial charge in [0, 0.05) is 42.4 Å².